The minimum Gasteiger partial charge on any atom is -0.484 e. The molecule has 0 saturated heterocycles. The van der Waals surface area contributed by atoms with E-state index in [9.17, 15) is 37.5 Å². The maximum atomic E-state index is 14.0. The molecule has 0 spiro atoms. The van der Waals surface area contributed by atoms with Gasteiger partial charge < -0.3 is 29.4 Å². The van der Waals surface area contributed by atoms with Crippen LogP contribution in [-0.4, -0.2) is 58.0 Å². The minimum atomic E-state index is -4.95. The molecule has 17 heteroatoms. The molecular weight excluding hydrogens is 772 g/mol. The summed E-state index contributed by atoms with van der Waals surface area (Å²) < 4.78 is 61.9. The molecule has 6 rings (SSSR count). The molecule has 3 aromatic carbocycles. The van der Waals surface area contributed by atoms with Crippen LogP contribution in [0.1, 0.15) is 69.1 Å². The average molecular weight is 814 g/mol. The number of aryl methyl sites for hydroxylation is 2. The highest BCUT2D eigenvalue weighted by Gasteiger charge is 2.57. The fourth-order valence-corrected chi connectivity index (χ4v) is 8.14. The van der Waals surface area contributed by atoms with E-state index in [1.807, 2.05) is 0 Å². The summed E-state index contributed by atoms with van der Waals surface area (Å²) in [5, 5.41) is 5.81. The first kappa shape index (κ1) is 41.2. The van der Waals surface area contributed by atoms with Crippen LogP contribution in [0.15, 0.2) is 48.5 Å². The molecule has 3 aromatic rings. The van der Waals surface area contributed by atoms with Gasteiger partial charge in [0.25, 0.3) is 11.8 Å². The molecule has 4 N–H and O–H groups in total. The molecule has 3 saturated carbocycles. The van der Waals surface area contributed by atoms with Crippen molar-refractivity contribution in [2.24, 2.45) is 0 Å². The molecule has 3 fully saturated rings. The number of carbonyl (C=O) groups is 3. The van der Waals surface area contributed by atoms with Gasteiger partial charge in [-0.2, -0.15) is 0 Å². The Labute approximate surface area is 321 Å². The zero-order valence-corrected chi connectivity index (χ0v) is 32.4. The third-order valence-electron chi connectivity index (χ3n) is 9.80. The van der Waals surface area contributed by atoms with E-state index in [1.54, 1.807) is 33.8 Å². The monoisotopic (exact) mass is 812 g/mol. The number of phosphoric ester groups is 1. The number of fused-ring (bicyclic) bond motifs is 3. The average Bonchev–Trinajstić information content (AvgIpc) is 3.05. The first-order valence-electron chi connectivity index (χ1n) is 17.0. The summed E-state index contributed by atoms with van der Waals surface area (Å²) in [5.74, 6) is -3.01. The number of esters is 1. The normalized spacial score (nSPS) is 20.9. The lowest BCUT2D eigenvalue weighted by atomic mass is 9.59. The molecule has 3 aliphatic carbocycles. The van der Waals surface area contributed by atoms with E-state index >= 15 is 0 Å². The number of amides is 2. The van der Waals surface area contributed by atoms with Crippen molar-refractivity contribution in [1.29, 1.82) is 0 Å². The zero-order valence-electron chi connectivity index (χ0n) is 30.0. The van der Waals surface area contributed by atoms with Gasteiger partial charge in [-0.05, 0) is 81.0 Å². The van der Waals surface area contributed by atoms with Gasteiger partial charge in [-0.1, -0.05) is 43.1 Å². The van der Waals surface area contributed by atoms with Gasteiger partial charge in [0, 0.05) is 35.1 Å². The topological polar surface area (TPSA) is 170 Å². The van der Waals surface area contributed by atoms with Crippen LogP contribution < -0.4 is 24.6 Å². The van der Waals surface area contributed by atoms with Crippen LogP contribution in [-0.2, 0) is 29.1 Å². The summed E-state index contributed by atoms with van der Waals surface area (Å²) in [6.07, 6.45) is 0.362. The summed E-state index contributed by atoms with van der Waals surface area (Å²) in [5.41, 5.74) is -1.20. The molecule has 3 aliphatic rings. The molecule has 12 nitrogen and oxygen atoms in total. The third-order valence-corrected chi connectivity index (χ3v) is 10.9. The van der Waals surface area contributed by atoms with Crippen LogP contribution in [0.5, 0.6) is 17.2 Å². The number of hydrogen-bond donors (Lipinski definition) is 4. The summed E-state index contributed by atoms with van der Waals surface area (Å²) in [4.78, 5) is 59.5. The van der Waals surface area contributed by atoms with E-state index in [2.05, 4.69) is 10.6 Å². The van der Waals surface area contributed by atoms with Gasteiger partial charge in [0.05, 0.1) is 22.0 Å². The molecule has 1 atom stereocenters. The summed E-state index contributed by atoms with van der Waals surface area (Å²) >= 11 is 11.5. The third kappa shape index (κ3) is 10.0. The molecule has 0 radical (unpaired) electrons. The smallest absolute Gasteiger partial charge is 0.484 e. The van der Waals surface area contributed by atoms with E-state index in [-0.39, 0.29) is 40.1 Å². The highest BCUT2D eigenvalue weighted by Crippen LogP contribution is 2.49. The predicted molar refractivity (Wildman–Crippen MR) is 195 cm³/mol. The van der Waals surface area contributed by atoms with E-state index < -0.39 is 73.1 Å². The Morgan fingerprint density at radius 1 is 0.870 bits per heavy atom. The van der Waals surface area contributed by atoms with Crippen LogP contribution in [0.2, 0.25) is 10.0 Å². The quantitative estimate of drug-likeness (QED) is 0.101. The first-order valence-corrected chi connectivity index (χ1v) is 19.3. The lowest BCUT2D eigenvalue weighted by Gasteiger charge is -2.57. The lowest BCUT2D eigenvalue weighted by Crippen LogP contribution is -2.71. The van der Waals surface area contributed by atoms with Crippen molar-refractivity contribution in [3.05, 3.63) is 86.9 Å². The Morgan fingerprint density at radius 3 is 1.93 bits per heavy atom. The van der Waals surface area contributed by atoms with Gasteiger partial charge in [-0.15, -0.1) is 0 Å². The van der Waals surface area contributed by atoms with E-state index in [1.165, 1.54) is 30.3 Å². The maximum absolute atomic E-state index is 14.0. The fourth-order valence-electron chi connectivity index (χ4n) is 7.51. The van der Waals surface area contributed by atoms with Crippen molar-refractivity contribution in [3.8, 4) is 17.2 Å². The number of carbonyl (C=O) groups excluding carboxylic acids is 3. The van der Waals surface area contributed by atoms with Crippen molar-refractivity contribution >= 4 is 48.8 Å². The largest absolute Gasteiger partial charge is 0.524 e. The second-order valence-electron chi connectivity index (χ2n) is 14.5. The van der Waals surface area contributed by atoms with E-state index in [0.29, 0.717) is 42.4 Å². The van der Waals surface area contributed by atoms with Gasteiger partial charge >= 0.3 is 13.8 Å². The number of halogens is 4. The van der Waals surface area contributed by atoms with Crippen molar-refractivity contribution in [1.82, 2.24) is 10.6 Å². The number of phosphoric acid groups is 1. The van der Waals surface area contributed by atoms with Crippen LogP contribution in [0.25, 0.3) is 0 Å². The number of ether oxygens (including phenoxy) is 3. The van der Waals surface area contributed by atoms with Gasteiger partial charge in [0.15, 0.2) is 13.2 Å². The number of nitrogens with one attached hydrogen (secondary N) is 2. The Balaban J connectivity index is 1.34. The molecule has 0 heterocycles. The predicted octanol–water partition coefficient (Wildman–Crippen LogP) is 6.79. The Kier molecular flexibility index (Phi) is 12.2. The van der Waals surface area contributed by atoms with Gasteiger partial charge in [-0.3, -0.25) is 24.2 Å². The number of benzene rings is 3. The maximum Gasteiger partial charge on any atom is 0.524 e. The van der Waals surface area contributed by atoms with Crippen LogP contribution in [0, 0.1) is 25.5 Å². The Bertz CT molecular complexity index is 1980. The Morgan fingerprint density at radius 2 is 1.41 bits per heavy atom. The highest BCUT2D eigenvalue weighted by atomic mass is 35.5. The van der Waals surface area contributed by atoms with Crippen LogP contribution in [0.4, 0.5) is 8.78 Å². The SMILES string of the molecule is Cc1cc(C)c(C(C)(C)CC(=O)O[C@@H]2CC3(NC(=O)COc4ccc(Cl)c(F)c4)CCC2(NC(=O)COc2ccc(Cl)c(F)c2)CC3)c(OP(=O)(O)O)c1. The molecule has 0 aliphatic heterocycles. The second-order valence-corrected chi connectivity index (χ2v) is 16.5. The highest BCUT2D eigenvalue weighted by molar-refractivity contribution is 7.46. The van der Waals surface area contributed by atoms with Gasteiger partial charge in [0.1, 0.15) is 35.0 Å². The van der Waals surface area contributed by atoms with E-state index in [0.717, 1.165) is 12.1 Å². The van der Waals surface area contributed by atoms with E-state index in [4.69, 9.17) is 41.9 Å². The summed E-state index contributed by atoms with van der Waals surface area (Å²) in [7, 11) is -4.95. The van der Waals surface area contributed by atoms with Crippen molar-refractivity contribution in [2.45, 2.75) is 88.8 Å². The molecular formula is C37H41Cl2F2N2O10P. The number of rotatable bonds is 14. The van der Waals surface area contributed by atoms with Crippen molar-refractivity contribution < 1.29 is 56.3 Å². The van der Waals surface area contributed by atoms with Crippen LogP contribution in [0.3, 0.4) is 0 Å². The second kappa shape index (κ2) is 16.0. The van der Waals surface area contributed by atoms with Gasteiger partial charge in [0.2, 0.25) is 0 Å². The molecule has 292 valence electrons. The van der Waals surface area contributed by atoms with Gasteiger partial charge in [-0.25, -0.2) is 13.3 Å². The minimum absolute atomic E-state index is 0.0649. The van der Waals surface area contributed by atoms with Crippen molar-refractivity contribution in [3.63, 3.8) is 0 Å². The molecule has 0 aromatic heterocycles. The molecule has 54 heavy (non-hydrogen) atoms. The lowest BCUT2D eigenvalue weighted by molar-refractivity contribution is -0.168. The molecule has 0 unspecified atom stereocenters. The summed E-state index contributed by atoms with van der Waals surface area (Å²) in [6, 6.07) is 10.9. The van der Waals surface area contributed by atoms with Crippen molar-refractivity contribution in [2.75, 3.05) is 13.2 Å². The fraction of sp³-hybridized carbons (Fsp3) is 0.432. The molecule has 2 bridgehead atoms. The first-order chi connectivity index (χ1) is 25.2. The molecule has 2 amide bonds. The standard InChI is InChI=1S/C37H41Cl2F2N2O10P/c1-21-13-22(2)34(29(14-21)53-54(47,48)49)35(3,4)18-33(46)52-30-17-36(42-31(44)19-50-23-5-7-25(38)27(40)15-23)9-11-37(30,12-10-36)43-32(45)20-51-24-6-8-26(39)28(41)16-24/h5-8,13-16,30H,9-12,17-20H2,1-4H3,(H,42,44)(H,43,45)(H2,47,48,49)/t30-,36?,37?/m1/s1. The van der Waals surface area contributed by atoms with Crippen LogP contribution >= 0.6 is 31.0 Å². The zero-order chi connectivity index (χ0) is 39.6. The number of hydrogen-bond acceptors (Lipinski definition) is 8. The Hall–Kier alpha value is -3.94. The summed E-state index contributed by atoms with van der Waals surface area (Å²) in [6.45, 7) is 6.01.